The number of hydrogen-bond donors (Lipinski definition) is 0. The van der Waals surface area contributed by atoms with E-state index in [1.807, 2.05) is 42.5 Å². The van der Waals surface area contributed by atoms with Gasteiger partial charge in [-0.15, -0.1) is 0 Å². The van der Waals surface area contributed by atoms with E-state index in [4.69, 9.17) is 23.8 Å². The van der Waals surface area contributed by atoms with Gasteiger partial charge in [0.2, 0.25) is 0 Å². The zero-order valence-electron chi connectivity index (χ0n) is 32.4. The molecule has 59 heavy (non-hydrogen) atoms. The molecule has 0 fully saturated rings. The summed E-state index contributed by atoms with van der Waals surface area (Å²) in [5, 5.41) is 4.11. The third-order valence-corrected chi connectivity index (χ3v) is 12.1. The van der Waals surface area contributed by atoms with Crippen molar-refractivity contribution in [2.75, 3.05) is 0 Å². The van der Waals surface area contributed by atoms with Gasteiger partial charge in [-0.1, -0.05) is 147 Å². The molecule has 1 aliphatic rings. The van der Waals surface area contributed by atoms with Gasteiger partial charge in [-0.05, 0) is 87.0 Å². The van der Waals surface area contributed by atoms with E-state index in [0.29, 0.717) is 17.5 Å². The lowest BCUT2D eigenvalue weighted by Crippen LogP contribution is -2.16. The van der Waals surface area contributed by atoms with Gasteiger partial charge < -0.3 is 8.83 Å². The number of nitrogens with zero attached hydrogens (tertiary/aromatic N) is 3. The lowest BCUT2D eigenvalue weighted by atomic mass is 9.79. The Hall–Kier alpha value is -7.63. The quantitative estimate of drug-likeness (QED) is 0.175. The molecule has 0 bridgehead atoms. The van der Waals surface area contributed by atoms with Gasteiger partial charge in [0.05, 0.1) is 0 Å². The van der Waals surface area contributed by atoms with Crippen molar-refractivity contribution >= 4 is 43.9 Å². The third kappa shape index (κ3) is 5.21. The van der Waals surface area contributed by atoms with Crippen molar-refractivity contribution < 1.29 is 8.83 Å². The Morgan fingerprint density at radius 2 is 0.949 bits per heavy atom. The van der Waals surface area contributed by atoms with Crippen molar-refractivity contribution in [3.05, 3.63) is 187 Å². The second-order valence-corrected chi connectivity index (χ2v) is 16.0. The molecule has 1 aliphatic carbocycles. The molecule has 11 aromatic rings. The molecule has 12 rings (SSSR count). The molecule has 0 spiro atoms. The summed E-state index contributed by atoms with van der Waals surface area (Å²) in [6, 6.07) is 61.3. The number of benzene rings is 8. The molecule has 0 unspecified atom stereocenters. The molecule has 0 saturated heterocycles. The van der Waals surface area contributed by atoms with Crippen LogP contribution in [0.25, 0.3) is 111 Å². The van der Waals surface area contributed by atoms with E-state index in [0.717, 1.165) is 77.3 Å². The van der Waals surface area contributed by atoms with E-state index in [2.05, 4.69) is 147 Å². The Labute approximate surface area is 340 Å². The Morgan fingerprint density at radius 1 is 0.356 bits per heavy atom. The van der Waals surface area contributed by atoms with Crippen molar-refractivity contribution in [1.82, 2.24) is 15.0 Å². The van der Waals surface area contributed by atoms with Gasteiger partial charge in [0.1, 0.15) is 22.3 Å². The van der Waals surface area contributed by atoms with Gasteiger partial charge >= 0.3 is 0 Å². The number of furan rings is 2. The van der Waals surface area contributed by atoms with E-state index >= 15 is 0 Å². The fourth-order valence-electron chi connectivity index (χ4n) is 9.36. The lowest BCUT2D eigenvalue weighted by molar-refractivity contribution is 0.662. The first-order valence-corrected chi connectivity index (χ1v) is 20.0. The average molecular weight is 758 g/mol. The highest BCUT2D eigenvalue weighted by Gasteiger charge is 2.37. The van der Waals surface area contributed by atoms with E-state index < -0.39 is 0 Å². The number of aromatic nitrogens is 3. The molecule has 8 aromatic carbocycles. The summed E-state index contributed by atoms with van der Waals surface area (Å²) in [5.74, 6) is 1.71. The molecular formula is C54H35N3O2. The Kier molecular flexibility index (Phi) is 7.20. The lowest BCUT2D eigenvalue weighted by Gasteiger charge is -2.24. The fourth-order valence-corrected chi connectivity index (χ4v) is 9.36. The van der Waals surface area contributed by atoms with Crippen LogP contribution in [0, 0.1) is 0 Å². The van der Waals surface area contributed by atoms with Crippen molar-refractivity contribution in [2.45, 2.75) is 19.3 Å². The standard InChI is InChI=1S/C54H35N3O2/c1-54(2)44-22-8-6-17-38(44)41-20-11-19-37(50(41)54)34-26-28-46-43(30-34)49-42(21-12-24-47(49)58-46)53-56-51(35-16-10-15-33(29-35)32-13-4-3-5-14-32)55-52(57-53)36-25-27-40-39-18-7-9-23-45(39)59-48(40)31-36/h3-31H,1-2H3. The smallest absolute Gasteiger partial charge is 0.164 e. The van der Waals surface area contributed by atoms with Crippen LogP contribution < -0.4 is 0 Å². The zero-order chi connectivity index (χ0) is 39.2. The molecule has 3 aromatic heterocycles. The van der Waals surface area contributed by atoms with Gasteiger partial charge in [-0.2, -0.15) is 0 Å². The van der Waals surface area contributed by atoms with E-state index in [-0.39, 0.29) is 5.41 Å². The first-order chi connectivity index (χ1) is 29.0. The maximum atomic E-state index is 6.58. The van der Waals surface area contributed by atoms with Gasteiger partial charge in [-0.25, -0.2) is 15.0 Å². The Morgan fingerprint density at radius 3 is 1.85 bits per heavy atom. The number of hydrogen-bond acceptors (Lipinski definition) is 5. The molecule has 0 atom stereocenters. The summed E-state index contributed by atoms with van der Waals surface area (Å²) in [7, 11) is 0. The molecule has 0 saturated carbocycles. The molecule has 5 heteroatoms. The second-order valence-electron chi connectivity index (χ2n) is 16.0. The zero-order valence-corrected chi connectivity index (χ0v) is 32.4. The maximum absolute atomic E-state index is 6.58. The highest BCUT2D eigenvalue weighted by atomic mass is 16.3. The predicted octanol–water partition coefficient (Wildman–Crippen LogP) is 14.3. The van der Waals surface area contributed by atoms with Crippen LogP contribution in [0.3, 0.4) is 0 Å². The molecule has 0 N–H and O–H groups in total. The van der Waals surface area contributed by atoms with Crippen molar-refractivity contribution in [1.29, 1.82) is 0 Å². The SMILES string of the molecule is CC1(C)c2ccccc2-c2cccc(-c3ccc4oc5cccc(-c6nc(-c7cccc(-c8ccccc8)c7)nc(-c7ccc8c(c7)oc7ccccc78)n6)c5c4c3)c21. The van der Waals surface area contributed by atoms with Crippen LogP contribution in [0.2, 0.25) is 0 Å². The molecule has 0 aliphatic heterocycles. The Balaban J connectivity index is 1.06. The number of rotatable bonds is 5. The average Bonchev–Trinajstić information content (AvgIpc) is 3.93. The predicted molar refractivity (Wildman–Crippen MR) is 239 cm³/mol. The van der Waals surface area contributed by atoms with Gasteiger partial charge in [0.15, 0.2) is 17.5 Å². The minimum atomic E-state index is -0.151. The number of para-hydroxylation sites is 1. The molecule has 0 amide bonds. The summed E-state index contributed by atoms with van der Waals surface area (Å²) in [5.41, 5.74) is 15.6. The largest absolute Gasteiger partial charge is 0.456 e. The van der Waals surface area contributed by atoms with Gasteiger partial charge in [-0.3, -0.25) is 0 Å². The molecule has 5 nitrogen and oxygen atoms in total. The first-order valence-electron chi connectivity index (χ1n) is 20.0. The van der Waals surface area contributed by atoms with Crippen molar-refractivity contribution in [2.24, 2.45) is 0 Å². The maximum Gasteiger partial charge on any atom is 0.164 e. The van der Waals surface area contributed by atoms with Crippen LogP contribution in [0.5, 0.6) is 0 Å². The van der Waals surface area contributed by atoms with Crippen LogP contribution in [-0.2, 0) is 5.41 Å². The topological polar surface area (TPSA) is 65.0 Å². The summed E-state index contributed by atoms with van der Waals surface area (Å²) in [4.78, 5) is 15.6. The summed E-state index contributed by atoms with van der Waals surface area (Å²) in [6.07, 6.45) is 0. The number of fused-ring (bicyclic) bond motifs is 9. The highest BCUT2D eigenvalue weighted by molar-refractivity contribution is 6.13. The van der Waals surface area contributed by atoms with E-state index in [1.165, 1.54) is 27.8 Å². The van der Waals surface area contributed by atoms with Crippen molar-refractivity contribution in [3.8, 4) is 67.5 Å². The minimum absolute atomic E-state index is 0.151. The minimum Gasteiger partial charge on any atom is -0.456 e. The summed E-state index contributed by atoms with van der Waals surface area (Å²) < 4.78 is 12.9. The molecule has 278 valence electrons. The monoisotopic (exact) mass is 757 g/mol. The van der Waals surface area contributed by atoms with Crippen LogP contribution in [-0.4, -0.2) is 15.0 Å². The molecular weight excluding hydrogens is 723 g/mol. The Bertz CT molecular complexity index is 3480. The summed E-state index contributed by atoms with van der Waals surface area (Å²) in [6.45, 7) is 4.67. The van der Waals surface area contributed by atoms with Gasteiger partial charge in [0.25, 0.3) is 0 Å². The highest BCUT2D eigenvalue weighted by Crippen LogP contribution is 2.52. The second kappa shape index (κ2) is 12.7. The molecule has 0 radical (unpaired) electrons. The fraction of sp³-hybridized carbons (Fsp3) is 0.0556. The van der Waals surface area contributed by atoms with Crippen LogP contribution in [0.15, 0.2) is 185 Å². The van der Waals surface area contributed by atoms with Crippen LogP contribution >= 0.6 is 0 Å². The van der Waals surface area contributed by atoms with E-state index in [9.17, 15) is 0 Å². The van der Waals surface area contributed by atoms with Crippen LogP contribution in [0.1, 0.15) is 25.0 Å². The van der Waals surface area contributed by atoms with E-state index in [1.54, 1.807) is 0 Å². The molecule has 3 heterocycles. The van der Waals surface area contributed by atoms with Crippen molar-refractivity contribution in [3.63, 3.8) is 0 Å². The summed E-state index contributed by atoms with van der Waals surface area (Å²) >= 11 is 0. The third-order valence-electron chi connectivity index (χ3n) is 12.1. The van der Waals surface area contributed by atoms with Gasteiger partial charge in [0, 0.05) is 43.7 Å². The van der Waals surface area contributed by atoms with Crippen LogP contribution in [0.4, 0.5) is 0 Å². The normalized spacial score (nSPS) is 13.1. The first kappa shape index (κ1) is 33.5.